The Morgan fingerprint density at radius 3 is 2.76 bits per heavy atom. The summed E-state index contributed by atoms with van der Waals surface area (Å²) in [5.74, 6) is 0.753. The van der Waals surface area contributed by atoms with Gasteiger partial charge in [-0.1, -0.05) is 13.3 Å². The fourth-order valence-corrected chi connectivity index (χ4v) is 1.99. The van der Waals surface area contributed by atoms with Crippen LogP contribution in [0.15, 0.2) is 18.5 Å². The first-order valence-corrected chi connectivity index (χ1v) is 5.86. The van der Waals surface area contributed by atoms with Crippen LogP contribution in [0.4, 0.5) is 5.82 Å². The molecule has 2 aromatic heterocycles. The van der Waals surface area contributed by atoms with Gasteiger partial charge in [0, 0.05) is 30.6 Å². The van der Waals surface area contributed by atoms with Gasteiger partial charge >= 0.3 is 0 Å². The molecule has 90 valence electrons. The summed E-state index contributed by atoms with van der Waals surface area (Å²) in [7, 11) is 1.88. The van der Waals surface area contributed by atoms with E-state index in [-0.39, 0.29) is 0 Å². The Morgan fingerprint density at radius 1 is 1.35 bits per heavy atom. The second kappa shape index (κ2) is 4.57. The molecule has 2 aromatic rings. The van der Waals surface area contributed by atoms with Crippen molar-refractivity contribution >= 4 is 5.82 Å². The van der Waals surface area contributed by atoms with Crippen LogP contribution in [0.1, 0.15) is 24.5 Å². The van der Waals surface area contributed by atoms with Gasteiger partial charge in [-0.3, -0.25) is 9.67 Å². The van der Waals surface area contributed by atoms with Crippen molar-refractivity contribution in [3.05, 3.63) is 29.6 Å². The monoisotopic (exact) mass is 230 g/mol. The van der Waals surface area contributed by atoms with Gasteiger partial charge < -0.3 is 5.73 Å². The minimum absolute atomic E-state index is 0.753. The molecule has 0 aliphatic rings. The molecule has 0 spiro atoms. The van der Waals surface area contributed by atoms with Crippen molar-refractivity contribution in [1.82, 2.24) is 14.8 Å². The molecular formula is C13H18N4. The molecule has 4 heteroatoms. The van der Waals surface area contributed by atoms with Gasteiger partial charge in [-0.25, -0.2) is 0 Å². The number of aryl methyl sites for hydroxylation is 2. The molecule has 0 saturated carbocycles. The second-order valence-corrected chi connectivity index (χ2v) is 4.34. The third-order valence-corrected chi connectivity index (χ3v) is 2.84. The van der Waals surface area contributed by atoms with E-state index in [4.69, 9.17) is 5.73 Å². The number of pyridine rings is 1. The quantitative estimate of drug-likeness (QED) is 0.880. The summed E-state index contributed by atoms with van der Waals surface area (Å²) >= 11 is 0. The van der Waals surface area contributed by atoms with Crippen LogP contribution >= 0.6 is 0 Å². The zero-order valence-corrected chi connectivity index (χ0v) is 10.6. The van der Waals surface area contributed by atoms with Gasteiger partial charge in [0.2, 0.25) is 0 Å². The van der Waals surface area contributed by atoms with Crippen LogP contribution in [-0.4, -0.2) is 14.8 Å². The van der Waals surface area contributed by atoms with E-state index in [1.165, 1.54) is 0 Å². The lowest BCUT2D eigenvalue weighted by molar-refractivity contribution is 0.781. The van der Waals surface area contributed by atoms with Crippen LogP contribution in [0.25, 0.3) is 11.3 Å². The maximum absolute atomic E-state index is 6.04. The number of hydrogen-bond acceptors (Lipinski definition) is 3. The molecule has 0 saturated heterocycles. The molecule has 2 rings (SSSR count). The maximum atomic E-state index is 6.04. The number of nitrogens with zero attached hydrogens (tertiary/aromatic N) is 3. The summed E-state index contributed by atoms with van der Waals surface area (Å²) in [6, 6.07) is 2.09. The minimum atomic E-state index is 0.753. The van der Waals surface area contributed by atoms with E-state index in [1.807, 2.05) is 26.4 Å². The summed E-state index contributed by atoms with van der Waals surface area (Å²) in [5, 5.41) is 4.49. The Morgan fingerprint density at radius 2 is 2.12 bits per heavy atom. The number of aromatic nitrogens is 3. The number of nitrogens with two attached hydrogens (primary N) is 1. The minimum Gasteiger partial charge on any atom is -0.384 e. The lowest BCUT2D eigenvalue weighted by Gasteiger charge is -2.02. The molecule has 0 atom stereocenters. The van der Waals surface area contributed by atoms with E-state index >= 15 is 0 Å². The molecule has 0 unspecified atom stereocenters. The topological polar surface area (TPSA) is 56.7 Å². The highest BCUT2D eigenvalue weighted by Crippen LogP contribution is 2.27. The van der Waals surface area contributed by atoms with Gasteiger partial charge in [-0.15, -0.1) is 0 Å². The highest BCUT2D eigenvalue weighted by Gasteiger charge is 2.14. The van der Waals surface area contributed by atoms with E-state index in [9.17, 15) is 0 Å². The third kappa shape index (κ3) is 2.16. The van der Waals surface area contributed by atoms with E-state index < -0.39 is 0 Å². The molecule has 0 aliphatic heterocycles. The van der Waals surface area contributed by atoms with Crippen LogP contribution in [0, 0.1) is 6.92 Å². The van der Waals surface area contributed by atoms with Crippen LogP contribution in [0.2, 0.25) is 0 Å². The Bertz CT molecular complexity index is 528. The molecule has 0 radical (unpaired) electrons. The van der Waals surface area contributed by atoms with E-state index in [0.29, 0.717) is 0 Å². The van der Waals surface area contributed by atoms with Gasteiger partial charge in [-0.05, 0) is 25.0 Å². The molecular weight excluding hydrogens is 212 g/mol. The predicted molar refractivity (Wildman–Crippen MR) is 69.6 cm³/mol. The molecule has 2 N–H and O–H groups in total. The highest BCUT2D eigenvalue weighted by molar-refractivity contribution is 5.68. The van der Waals surface area contributed by atoms with Crippen molar-refractivity contribution in [1.29, 1.82) is 0 Å². The molecule has 0 bridgehead atoms. The first-order valence-electron chi connectivity index (χ1n) is 5.86. The Labute approximate surface area is 101 Å². The van der Waals surface area contributed by atoms with Crippen LogP contribution in [0.3, 0.4) is 0 Å². The van der Waals surface area contributed by atoms with E-state index in [2.05, 4.69) is 23.1 Å². The zero-order chi connectivity index (χ0) is 12.4. The highest BCUT2D eigenvalue weighted by atomic mass is 15.3. The summed E-state index contributed by atoms with van der Waals surface area (Å²) < 4.78 is 1.74. The Hall–Kier alpha value is -1.84. The largest absolute Gasteiger partial charge is 0.384 e. The van der Waals surface area contributed by atoms with Crippen molar-refractivity contribution in [2.75, 3.05) is 5.73 Å². The summed E-state index contributed by atoms with van der Waals surface area (Å²) in [6.45, 7) is 4.17. The standard InChI is InChI=1S/C13H18N4/c1-4-5-11-12(16-17(3)13(11)14)10-6-9(2)7-15-8-10/h6-8H,4-5,14H2,1-3H3. The molecule has 2 heterocycles. The third-order valence-electron chi connectivity index (χ3n) is 2.84. The molecule has 0 aromatic carbocycles. The van der Waals surface area contributed by atoms with Crippen LogP contribution < -0.4 is 5.73 Å². The Kier molecular flexibility index (Phi) is 3.13. The summed E-state index contributed by atoms with van der Waals surface area (Å²) in [6.07, 6.45) is 5.69. The molecule has 0 fully saturated rings. The fraction of sp³-hybridized carbons (Fsp3) is 0.385. The second-order valence-electron chi connectivity index (χ2n) is 4.34. The lowest BCUT2D eigenvalue weighted by Crippen LogP contribution is -1.99. The first-order chi connectivity index (χ1) is 8.13. The smallest absolute Gasteiger partial charge is 0.125 e. The van der Waals surface area contributed by atoms with Crippen molar-refractivity contribution in [3.63, 3.8) is 0 Å². The van der Waals surface area contributed by atoms with E-state index in [0.717, 1.165) is 41.0 Å². The van der Waals surface area contributed by atoms with E-state index in [1.54, 1.807) is 4.68 Å². The van der Waals surface area contributed by atoms with Crippen molar-refractivity contribution in [2.45, 2.75) is 26.7 Å². The number of rotatable bonds is 3. The maximum Gasteiger partial charge on any atom is 0.125 e. The van der Waals surface area contributed by atoms with Crippen molar-refractivity contribution in [3.8, 4) is 11.3 Å². The molecule has 17 heavy (non-hydrogen) atoms. The first kappa shape index (κ1) is 11.6. The Balaban J connectivity index is 2.55. The molecule has 0 amide bonds. The predicted octanol–water partition coefficient (Wildman–Crippen LogP) is 2.33. The van der Waals surface area contributed by atoms with Crippen LogP contribution in [0.5, 0.6) is 0 Å². The zero-order valence-electron chi connectivity index (χ0n) is 10.6. The van der Waals surface area contributed by atoms with Crippen LogP contribution in [-0.2, 0) is 13.5 Å². The fourth-order valence-electron chi connectivity index (χ4n) is 1.99. The van der Waals surface area contributed by atoms with Gasteiger partial charge in [0.25, 0.3) is 0 Å². The summed E-state index contributed by atoms with van der Waals surface area (Å²) in [5.41, 5.74) is 10.3. The van der Waals surface area contributed by atoms with Gasteiger partial charge in [0.15, 0.2) is 0 Å². The average molecular weight is 230 g/mol. The molecule has 0 aliphatic carbocycles. The normalized spacial score (nSPS) is 10.8. The number of hydrogen-bond donors (Lipinski definition) is 1. The SMILES string of the molecule is CCCc1c(-c2cncc(C)c2)nn(C)c1N. The van der Waals surface area contributed by atoms with Crippen molar-refractivity contribution < 1.29 is 0 Å². The number of nitrogen functional groups attached to an aromatic ring is 1. The summed E-state index contributed by atoms with van der Waals surface area (Å²) in [4.78, 5) is 4.21. The van der Waals surface area contributed by atoms with Crippen molar-refractivity contribution in [2.24, 2.45) is 7.05 Å². The lowest BCUT2D eigenvalue weighted by atomic mass is 10.0. The molecule has 4 nitrogen and oxygen atoms in total. The van der Waals surface area contributed by atoms with Gasteiger partial charge in [0.05, 0.1) is 5.69 Å². The number of anilines is 1. The van der Waals surface area contributed by atoms with Gasteiger partial charge in [0.1, 0.15) is 5.82 Å². The average Bonchev–Trinajstić information content (AvgIpc) is 2.58. The van der Waals surface area contributed by atoms with Gasteiger partial charge in [-0.2, -0.15) is 5.10 Å².